The lowest BCUT2D eigenvalue weighted by molar-refractivity contribution is -0.289. The summed E-state index contributed by atoms with van der Waals surface area (Å²) in [5.74, 6) is -10.0. The van der Waals surface area contributed by atoms with E-state index < -0.39 is 64.5 Å². The van der Waals surface area contributed by atoms with E-state index in [1.807, 2.05) is 0 Å². The van der Waals surface area contributed by atoms with Crippen LogP contribution in [0, 0.1) is 11.6 Å². The molecule has 13 heteroatoms. The Morgan fingerprint density at radius 3 is 2.32 bits per heavy atom. The van der Waals surface area contributed by atoms with Gasteiger partial charge in [0.25, 0.3) is 5.91 Å². The summed E-state index contributed by atoms with van der Waals surface area (Å²) in [6.07, 6.45) is -5.87. The number of ether oxygens (including phenoxy) is 1. The predicted octanol–water partition coefficient (Wildman–Crippen LogP) is 4.09. The van der Waals surface area contributed by atoms with E-state index in [4.69, 9.17) is 5.73 Å². The second-order valence-corrected chi connectivity index (χ2v) is 6.14. The molecular formula is C18H11F7N4O2. The topological polar surface area (TPSA) is 93.9 Å². The van der Waals surface area contributed by atoms with Gasteiger partial charge in [0, 0.05) is 5.56 Å². The van der Waals surface area contributed by atoms with Crippen molar-refractivity contribution in [2.24, 2.45) is 5.73 Å². The Morgan fingerprint density at radius 1 is 1.03 bits per heavy atom. The Morgan fingerprint density at radius 2 is 1.71 bits per heavy atom. The maximum atomic E-state index is 15.1. The van der Waals surface area contributed by atoms with Crippen molar-refractivity contribution in [3.63, 3.8) is 0 Å². The Bertz CT molecular complexity index is 1130. The summed E-state index contributed by atoms with van der Waals surface area (Å²) in [6, 6.07) is 6.29. The van der Waals surface area contributed by atoms with Crippen molar-refractivity contribution in [1.82, 2.24) is 15.2 Å². The molecule has 1 aromatic heterocycles. The van der Waals surface area contributed by atoms with Gasteiger partial charge in [-0.15, -0.1) is 0 Å². The van der Waals surface area contributed by atoms with E-state index in [0.29, 0.717) is 0 Å². The normalized spacial score (nSPS) is 12.1. The van der Waals surface area contributed by atoms with Crippen LogP contribution in [0.2, 0.25) is 0 Å². The molecule has 0 fully saturated rings. The molecule has 0 saturated heterocycles. The first-order valence-electron chi connectivity index (χ1n) is 8.29. The first kappa shape index (κ1) is 22.1. The third-order valence-corrected chi connectivity index (χ3v) is 4.03. The van der Waals surface area contributed by atoms with Gasteiger partial charge in [-0.05, 0) is 18.2 Å². The van der Waals surface area contributed by atoms with Crippen LogP contribution in [0.3, 0.4) is 0 Å². The molecule has 3 N–H and O–H groups in total. The third-order valence-electron chi connectivity index (χ3n) is 4.03. The number of halogens is 7. The number of para-hydroxylation sites is 1. The molecule has 3 rings (SSSR count). The second kappa shape index (κ2) is 7.89. The smallest absolute Gasteiger partial charge is 0.456 e. The quantitative estimate of drug-likeness (QED) is 0.556. The Hall–Kier alpha value is -3.64. The first-order valence-corrected chi connectivity index (χ1v) is 8.29. The zero-order valence-corrected chi connectivity index (χ0v) is 15.1. The minimum Gasteiger partial charge on any atom is -0.486 e. The highest BCUT2D eigenvalue weighted by Crippen LogP contribution is 2.39. The number of alkyl halides is 5. The number of amides is 1. The summed E-state index contributed by atoms with van der Waals surface area (Å²) in [5, 5.41) is 5.75. The summed E-state index contributed by atoms with van der Waals surface area (Å²) in [5.41, 5.74) is 3.42. The van der Waals surface area contributed by atoms with E-state index in [-0.39, 0.29) is 5.82 Å². The fourth-order valence-electron chi connectivity index (χ4n) is 2.51. The monoisotopic (exact) mass is 448 g/mol. The van der Waals surface area contributed by atoms with Crippen molar-refractivity contribution < 1.29 is 40.3 Å². The number of aromatic nitrogens is 3. The molecular weight excluding hydrogens is 437 g/mol. The van der Waals surface area contributed by atoms with E-state index in [9.17, 15) is 31.1 Å². The molecule has 6 nitrogen and oxygen atoms in total. The highest BCUT2D eigenvalue weighted by Gasteiger charge is 2.58. The fourth-order valence-corrected chi connectivity index (χ4v) is 2.51. The van der Waals surface area contributed by atoms with Crippen LogP contribution in [0.25, 0.3) is 22.5 Å². The second-order valence-electron chi connectivity index (χ2n) is 6.14. The molecule has 0 aliphatic heterocycles. The van der Waals surface area contributed by atoms with Gasteiger partial charge >= 0.3 is 12.1 Å². The molecule has 1 heterocycles. The van der Waals surface area contributed by atoms with Gasteiger partial charge in [-0.2, -0.15) is 27.1 Å². The van der Waals surface area contributed by atoms with Crippen LogP contribution in [-0.4, -0.2) is 39.8 Å². The van der Waals surface area contributed by atoms with Crippen LogP contribution in [0.1, 0.15) is 10.6 Å². The summed E-state index contributed by atoms with van der Waals surface area (Å²) >= 11 is 0. The molecule has 0 bridgehead atoms. The van der Waals surface area contributed by atoms with Crippen molar-refractivity contribution in [2.45, 2.75) is 12.1 Å². The number of primary amides is 1. The van der Waals surface area contributed by atoms with Crippen LogP contribution < -0.4 is 10.5 Å². The van der Waals surface area contributed by atoms with Crippen LogP contribution in [-0.2, 0) is 0 Å². The lowest BCUT2D eigenvalue weighted by atomic mass is 10.00. The highest BCUT2D eigenvalue weighted by atomic mass is 19.4. The molecule has 164 valence electrons. The molecule has 0 unspecified atom stereocenters. The van der Waals surface area contributed by atoms with Crippen LogP contribution in [0.5, 0.6) is 5.75 Å². The molecule has 0 saturated carbocycles. The number of nitrogens with zero attached hydrogens (tertiary/aromatic N) is 2. The van der Waals surface area contributed by atoms with E-state index >= 15 is 4.39 Å². The summed E-state index contributed by atoms with van der Waals surface area (Å²) < 4.78 is 97.7. The van der Waals surface area contributed by atoms with E-state index in [1.165, 1.54) is 12.1 Å². The number of H-pyrrole nitrogens is 1. The number of nitrogens with one attached hydrogen (secondary N) is 1. The number of benzene rings is 2. The van der Waals surface area contributed by atoms with Crippen molar-refractivity contribution >= 4 is 5.91 Å². The van der Waals surface area contributed by atoms with Crippen LogP contribution >= 0.6 is 0 Å². The molecule has 0 aliphatic carbocycles. The minimum absolute atomic E-state index is 0.366. The number of hydrogen-bond donors (Lipinski definition) is 2. The predicted molar refractivity (Wildman–Crippen MR) is 92.2 cm³/mol. The zero-order valence-electron chi connectivity index (χ0n) is 15.1. The van der Waals surface area contributed by atoms with Gasteiger partial charge in [0.05, 0.1) is 11.1 Å². The largest absolute Gasteiger partial charge is 0.486 e. The average Bonchev–Trinajstić information content (AvgIpc) is 3.17. The van der Waals surface area contributed by atoms with Gasteiger partial charge < -0.3 is 10.5 Å². The number of nitrogens with two attached hydrogens (primary N) is 1. The van der Waals surface area contributed by atoms with E-state index in [1.54, 1.807) is 0 Å². The average molecular weight is 448 g/mol. The molecule has 0 spiro atoms. The molecule has 3 aromatic rings. The van der Waals surface area contributed by atoms with Crippen molar-refractivity contribution in [1.29, 1.82) is 0 Å². The Balaban J connectivity index is 2.04. The molecule has 0 aliphatic rings. The van der Waals surface area contributed by atoms with Gasteiger partial charge in [0.2, 0.25) is 5.82 Å². The Labute approximate surface area is 168 Å². The molecule has 31 heavy (non-hydrogen) atoms. The van der Waals surface area contributed by atoms with Gasteiger partial charge in [-0.3, -0.25) is 9.89 Å². The molecule has 1 amide bonds. The van der Waals surface area contributed by atoms with Gasteiger partial charge in [0.1, 0.15) is 17.4 Å². The number of aromatic amines is 1. The molecule has 0 radical (unpaired) electrons. The SMILES string of the molecule is NC(=O)c1nc(-c2ccc(F)c(-c3ccccc3OCC(F)(F)C(F)(F)F)c2F)n[nH]1. The lowest BCUT2D eigenvalue weighted by Gasteiger charge is -2.21. The van der Waals surface area contributed by atoms with Crippen molar-refractivity contribution in [3.05, 3.63) is 53.9 Å². The molecule has 2 aromatic carbocycles. The third kappa shape index (κ3) is 4.29. The van der Waals surface area contributed by atoms with Crippen LogP contribution in [0.15, 0.2) is 36.4 Å². The Kier molecular flexibility index (Phi) is 5.61. The lowest BCUT2D eigenvalue weighted by Crippen LogP contribution is -2.41. The van der Waals surface area contributed by atoms with Crippen molar-refractivity contribution in [3.8, 4) is 28.3 Å². The number of hydrogen-bond acceptors (Lipinski definition) is 4. The van der Waals surface area contributed by atoms with Crippen LogP contribution in [0.4, 0.5) is 30.7 Å². The minimum atomic E-state index is -5.87. The summed E-state index contributed by atoms with van der Waals surface area (Å²) in [4.78, 5) is 14.8. The standard InChI is InChI=1S/C18H11F7N4O2/c19-10-6-5-9(15-27-16(14(26)30)29-28-15)13(20)12(10)8-3-1-2-4-11(8)31-7-17(21,22)18(23,24)25/h1-6H,7H2,(H2,26,30)(H,27,28,29). The van der Waals surface area contributed by atoms with E-state index in [0.717, 1.165) is 24.3 Å². The van der Waals surface area contributed by atoms with E-state index in [2.05, 4.69) is 19.9 Å². The summed E-state index contributed by atoms with van der Waals surface area (Å²) in [6.45, 7) is -2.10. The fraction of sp³-hybridized carbons (Fsp3) is 0.167. The van der Waals surface area contributed by atoms with Crippen molar-refractivity contribution in [2.75, 3.05) is 6.61 Å². The number of carbonyl (C=O) groups excluding carboxylic acids is 1. The maximum Gasteiger partial charge on any atom is 0.456 e. The summed E-state index contributed by atoms with van der Waals surface area (Å²) in [7, 11) is 0. The van der Waals surface area contributed by atoms with Gasteiger partial charge in [0.15, 0.2) is 12.4 Å². The highest BCUT2D eigenvalue weighted by molar-refractivity contribution is 5.89. The number of carbonyl (C=O) groups is 1. The zero-order chi connectivity index (χ0) is 23.0. The van der Waals surface area contributed by atoms with Gasteiger partial charge in [-0.1, -0.05) is 18.2 Å². The molecule has 0 atom stereocenters. The first-order chi connectivity index (χ1) is 14.4. The maximum absolute atomic E-state index is 15.1. The van der Waals surface area contributed by atoms with Gasteiger partial charge in [-0.25, -0.2) is 13.8 Å². The number of rotatable bonds is 6.